The Hall–Kier alpha value is -2.60. The van der Waals surface area contributed by atoms with Gasteiger partial charge in [0.15, 0.2) is 0 Å². The van der Waals surface area contributed by atoms with Gasteiger partial charge in [-0.1, -0.05) is 29.8 Å². The first-order valence-corrected chi connectivity index (χ1v) is 7.39. The van der Waals surface area contributed by atoms with Crippen LogP contribution in [-0.4, -0.2) is 16.8 Å². The zero-order valence-corrected chi connectivity index (χ0v) is 13.1. The molecule has 2 amide bonds. The van der Waals surface area contributed by atoms with Gasteiger partial charge in [0.25, 0.3) is 0 Å². The number of nitrogen functional groups attached to an aromatic ring is 1. The van der Waals surface area contributed by atoms with Gasteiger partial charge in [-0.15, -0.1) is 0 Å². The minimum Gasteiger partial charge on any atom is -0.384 e. The summed E-state index contributed by atoms with van der Waals surface area (Å²) >= 11 is 6.12. The van der Waals surface area contributed by atoms with Gasteiger partial charge in [0.05, 0.1) is 10.6 Å². The molecule has 0 aliphatic rings. The number of halogens is 1. The smallest absolute Gasteiger partial charge is 0.250 e. The molecule has 0 unspecified atom stereocenters. The summed E-state index contributed by atoms with van der Waals surface area (Å²) in [6.07, 6.45) is 2.29. The summed E-state index contributed by atoms with van der Waals surface area (Å²) in [6, 6.07) is 8.50. The van der Waals surface area contributed by atoms with E-state index in [-0.39, 0.29) is 17.9 Å². The minimum absolute atomic E-state index is 0.123. The van der Waals surface area contributed by atoms with Crippen LogP contribution in [0, 0.1) is 0 Å². The largest absolute Gasteiger partial charge is 0.384 e. The first-order chi connectivity index (χ1) is 11.0. The van der Waals surface area contributed by atoms with Crippen LogP contribution in [0.5, 0.6) is 0 Å². The predicted molar refractivity (Wildman–Crippen MR) is 88.8 cm³/mol. The molecule has 2 aromatic rings. The molecule has 0 spiro atoms. The van der Waals surface area contributed by atoms with Crippen molar-refractivity contribution < 1.29 is 9.59 Å². The topological polar surface area (TPSA) is 111 Å². The van der Waals surface area contributed by atoms with Gasteiger partial charge >= 0.3 is 0 Å². The molecule has 0 radical (unpaired) electrons. The Labute approximate surface area is 138 Å². The third-order valence-corrected chi connectivity index (χ3v) is 3.75. The van der Waals surface area contributed by atoms with Gasteiger partial charge in [-0.3, -0.25) is 9.59 Å². The van der Waals surface area contributed by atoms with Crippen LogP contribution in [0.3, 0.4) is 0 Å². The number of primary amides is 1. The van der Waals surface area contributed by atoms with Crippen LogP contribution < -0.4 is 16.8 Å². The third-order valence-electron chi connectivity index (χ3n) is 3.30. The van der Waals surface area contributed by atoms with Crippen LogP contribution in [0.1, 0.15) is 27.9 Å². The van der Waals surface area contributed by atoms with Crippen molar-refractivity contribution >= 4 is 29.2 Å². The lowest BCUT2D eigenvalue weighted by Gasteiger charge is -2.08. The Morgan fingerprint density at radius 2 is 2.00 bits per heavy atom. The quantitative estimate of drug-likeness (QED) is 0.747. The van der Waals surface area contributed by atoms with E-state index in [0.29, 0.717) is 29.4 Å². The van der Waals surface area contributed by atoms with Gasteiger partial charge in [0.1, 0.15) is 5.82 Å². The van der Waals surface area contributed by atoms with E-state index in [1.54, 1.807) is 36.5 Å². The second-order valence-corrected chi connectivity index (χ2v) is 5.39. The van der Waals surface area contributed by atoms with Crippen molar-refractivity contribution in [3.05, 3.63) is 58.2 Å². The molecule has 0 aliphatic carbocycles. The molecule has 120 valence electrons. The number of nitrogens with two attached hydrogens (primary N) is 2. The molecule has 5 N–H and O–H groups in total. The molecule has 0 aliphatic heterocycles. The average molecular weight is 333 g/mol. The fourth-order valence-corrected chi connectivity index (χ4v) is 2.35. The van der Waals surface area contributed by atoms with E-state index in [4.69, 9.17) is 23.1 Å². The maximum atomic E-state index is 11.9. The van der Waals surface area contributed by atoms with Crippen molar-refractivity contribution in [2.45, 2.75) is 19.4 Å². The fourth-order valence-electron chi connectivity index (χ4n) is 2.04. The first-order valence-electron chi connectivity index (χ1n) is 7.01. The average Bonchev–Trinajstić information content (AvgIpc) is 2.53. The van der Waals surface area contributed by atoms with E-state index in [1.807, 2.05) is 0 Å². The maximum Gasteiger partial charge on any atom is 0.250 e. The van der Waals surface area contributed by atoms with Gasteiger partial charge in [0, 0.05) is 19.2 Å². The monoisotopic (exact) mass is 332 g/mol. The number of aromatic nitrogens is 1. The zero-order chi connectivity index (χ0) is 16.8. The predicted octanol–water partition coefficient (Wildman–Crippen LogP) is 1.67. The van der Waals surface area contributed by atoms with E-state index in [1.165, 1.54) is 0 Å². The van der Waals surface area contributed by atoms with Crippen LogP contribution in [0.4, 0.5) is 5.82 Å². The van der Waals surface area contributed by atoms with Gasteiger partial charge < -0.3 is 16.8 Å². The van der Waals surface area contributed by atoms with Gasteiger partial charge in [0.2, 0.25) is 11.8 Å². The molecule has 7 heteroatoms. The standard InChI is InChI=1S/C16H17ClN4O2/c17-15-11(2-1-3-12(15)16(19)23)5-7-14(22)21-9-10-4-6-13(18)20-8-10/h1-4,6,8H,5,7,9H2,(H2,18,20)(H2,19,23)(H,21,22). The molecule has 1 aromatic carbocycles. The lowest BCUT2D eigenvalue weighted by molar-refractivity contribution is -0.121. The summed E-state index contributed by atoms with van der Waals surface area (Å²) in [4.78, 5) is 27.1. The molecule has 2 rings (SSSR count). The van der Waals surface area contributed by atoms with Crippen molar-refractivity contribution in [2.75, 3.05) is 5.73 Å². The van der Waals surface area contributed by atoms with Crippen LogP contribution in [0.15, 0.2) is 36.5 Å². The fraction of sp³-hybridized carbons (Fsp3) is 0.188. The molecule has 1 heterocycles. The highest BCUT2D eigenvalue weighted by molar-refractivity contribution is 6.34. The highest BCUT2D eigenvalue weighted by Crippen LogP contribution is 2.22. The number of pyridine rings is 1. The van der Waals surface area contributed by atoms with Crippen LogP contribution in [-0.2, 0) is 17.8 Å². The Bertz CT molecular complexity index is 717. The SMILES string of the molecule is NC(=O)c1cccc(CCC(=O)NCc2ccc(N)nc2)c1Cl. The number of nitrogens with zero attached hydrogens (tertiary/aromatic N) is 1. The minimum atomic E-state index is -0.586. The maximum absolute atomic E-state index is 11.9. The molecule has 23 heavy (non-hydrogen) atoms. The second kappa shape index (κ2) is 7.60. The van der Waals surface area contributed by atoms with E-state index in [2.05, 4.69) is 10.3 Å². The van der Waals surface area contributed by atoms with Crippen molar-refractivity contribution in [2.24, 2.45) is 5.73 Å². The number of anilines is 1. The number of carbonyl (C=O) groups excluding carboxylic acids is 2. The Morgan fingerprint density at radius 3 is 2.65 bits per heavy atom. The number of hydrogen-bond acceptors (Lipinski definition) is 4. The van der Waals surface area contributed by atoms with Crippen molar-refractivity contribution in [1.29, 1.82) is 0 Å². The van der Waals surface area contributed by atoms with Gasteiger partial charge in [-0.25, -0.2) is 4.98 Å². The van der Waals surface area contributed by atoms with E-state index in [9.17, 15) is 9.59 Å². The lowest BCUT2D eigenvalue weighted by Crippen LogP contribution is -2.23. The van der Waals surface area contributed by atoms with Crippen molar-refractivity contribution in [3.63, 3.8) is 0 Å². The third kappa shape index (κ3) is 4.69. The molecular weight excluding hydrogens is 316 g/mol. The summed E-state index contributed by atoms with van der Waals surface area (Å²) in [5.74, 6) is -0.274. The summed E-state index contributed by atoms with van der Waals surface area (Å²) in [6.45, 7) is 0.376. The molecule has 0 saturated heterocycles. The Morgan fingerprint density at radius 1 is 1.22 bits per heavy atom. The Balaban J connectivity index is 1.88. The highest BCUT2D eigenvalue weighted by atomic mass is 35.5. The zero-order valence-electron chi connectivity index (χ0n) is 12.4. The van der Waals surface area contributed by atoms with E-state index < -0.39 is 5.91 Å². The van der Waals surface area contributed by atoms with Crippen molar-refractivity contribution in [3.8, 4) is 0 Å². The number of carbonyl (C=O) groups is 2. The highest BCUT2D eigenvalue weighted by Gasteiger charge is 2.11. The summed E-state index contributed by atoms with van der Waals surface area (Å²) < 4.78 is 0. The van der Waals surface area contributed by atoms with E-state index >= 15 is 0 Å². The number of amides is 2. The Kier molecular flexibility index (Phi) is 5.54. The molecular formula is C16H17ClN4O2. The number of nitrogens with one attached hydrogen (secondary N) is 1. The first kappa shape index (κ1) is 16.8. The van der Waals surface area contributed by atoms with Crippen LogP contribution in [0.2, 0.25) is 5.02 Å². The van der Waals surface area contributed by atoms with Crippen molar-refractivity contribution in [1.82, 2.24) is 10.3 Å². The summed E-state index contributed by atoms with van der Waals surface area (Å²) in [5.41, 5.74) is 12.6. The molecule has 0 bridgehead atoms. The lowest BCUT2D eigenvalue weighted by atomic mass is 10.1. The molecule has 0 fully saturated rings. The second-order valence-electron chi connectivity index (χ2n) is 5.01. The normalized spacial score (nSPS) is 10.3. The molecule has 0 saturated carbocycles. The van der Waals surface area contributed by atoms with Crippen LogP contribution in [0.25, 0.3) is 0 Å². The number of rotatable bonds is 6. The molecule has 0 atom stereocenters. The van der Waals surface area contributed by atoms with E-state index in [0.717, 1.165) is 5.56 Å². The van der Waals surface area contributed by atoms with Gasteiger partial charge in [-0.2, -0.15) is 0 Å². The summed E-state index contributed by atoms with van der Waals surface area (Å²) in [7, 11) is 0. The van der Waals surface area contributed by atoms with Gasteiger partial charge in [-0.05, 0) is 29.7 Å². The molecule has 6 nitrogen and oxygen atoms in total. The molecule has 1 aromatic heterocycles. The van der Waals surface area contributed by atoms with Crippen LogP contribution >= 0.6 is 11.6 Å². The summed E-state index contributed by atoms with van der Waals surface area (Å²) in [5, 5.41) is 3.09. The number of aryl methyl sites for hydroxylation is 1. The number of hydrogen-bond donors (Lipinski definition) is 3. The number of benzene rings is 1.